The second kappa shape index (κ2) is 6.95. The first-order valence-corrected chi connectivity index (χ1v) is 5.59. The molecule has 0 fully saturated rings. The van der Waals surface area contributed by atoms with Crippen molar-refractivity contribution < 1.29 is 0 Å². The molecule has 1 heteroatoms. The molecule has 0 heterocycles. The van der Waals surface area contributed by atoms with Crippen molar-refractivity contribution in [2.45, 2.75) is 33.1 Å². The van der Waals surface area contributed by atoms with E-state index in [0.717, 1.165) is 13.0 Å². The van der Waals surface area contributed by atoms with E-state index in [4.69, 9.17) is 0 Å². The minimum Gasteiger partial charge on any atom is -0.384 e. The Hall–Kier alpha value is -1.42. The Morgan fingerprint density at radius 3 is 2.53 bits per heavy atom. The van der Waals surface area contributed by atoms with Crippen molar-refractivity contribution in [3.63, 3.8) is 0 Å². The highest BCUT2D eigenvalue weighted by Gasteiger charge is 1.92. The van der Waals surface area contributed by atoms with E-state index in [1.54, 1.807) is 0 Å². The number of hydrogen-bond acceptors (Lipinski definition) is 1. The fourth-order valence-corrected chi connectivity index (χ4v) is 1.47. The maximum absolute atomic E-state index is 3.35. The van der Waals surface area contributed by atoms with Crippen LogP contribution in [0.3, 0.4) is 0 Å². The van der Waals surface area contributed by atoms with Crippen molar-refractivity contribution in [1.29, 1.82) is 0 Å². The van der Waals surface area contributed by atoms with Gasteiger partial charge in [0.05, 0.1) is 0 Å². The molecule has 1 aromatic carbocycles. The predicted molar refractivity (Wildman–Crippen MR) is 67.0 cm³/mol. The van der Waals surface area contributed by atoms with Gasteiger partial charge in [0.15, 0.2) is 0 Å². The summed E-state index contributed by atoms with van der Waals surface area (Å²) < 4.78 is 0. The molecule has 1 rings (SSSR count). The monoisotopic (exact) mass is 201 g/mol. The average Bonchev–Trinajstić information content (AvgIpc) is 2.27. The Bertz CT molecular complexity index is 327. The van der Waals surface area contributed by atoms with Gasteiger partial charge >= 0.3 is 0 Å². The third-order valence-electron chi connectivity index (χ3n) is 2.25. The molecule has 0 aromatic heterocycles. The first-order chi connectivity index (χ1) is 7.36. The second-order valence-corrected chi connectivity index (χ2v) is 3.55. The van der Waals surface area contributed by atoms with Crippen LogP contribution in [0, 0.1) is 11.8 Å². The van der Waals surface area contributed by atoms with Crippen molar-refractivity contribution in [1.82, 2.24) is 0 Å². The summed E-state index contributed by atoms with van der Waals surface area (Å²) >= 11 is 0. The smallest absolute Gasteiger partial charge is 0.0340 e. The average molecular weight is 201 g/mol. The molecule has 1 N–H and O–H groups in total. The van der Waals surface area contributed by atoms with Gasteiger partial charge in [0.1, 0.15) is 0 Å². The first-order valence-electron chi connectivity index (χ1n) is 5.59. The molecule has 0 bridgehead atoms. The molecule has 0 aliphatic carbocycles. The highest BCUT2D eigenvalue weighted by molar-refractivity contribution is 5.44. The third kappa shape index (κ3) is 4.56. The maximum Gasteiger partial charge on any atom is 0.0340 e. The summed E-state index contributed by atoms with van der Waals surface area (Å²) in [5.41, 5.74) is 2.60. The summed E-state index contributed by atoms with van der Waals surface area (Å²) in [7, 11) is 0. The molecule has 0 saturated carbocycles. The van der Waals surface area contributed by atoms with E-state index in [2.05, 4.69) is 48.3 Å². The van der Waals surface area contributed by atoms with Gasteiger partial charge in [0.2, 0.25) is 0 Å². The summed E-state index contributed by atoms with van der Waals surface area (Å²) in [5, 5.41) is 3.35. The third-order valence-corrected chi connectivity index (χ3v) is 2.25. The topological polar surface area (TPSA) is 12.0 Å². The molecule has 0 unspecified atom stereocenters. The van der Waals surface area contributed by atoms with Crippen LogP contribution >= 0.6 is 0 Å². The molecular weight excluding hydrogens is 182 g/mol. The number of hydrogen-bond donors (Lipinski definition) is 1. The van der Waals surface area contributed by atoms with Crippen molar-refractivity contribution in [3.05, 3.63) is 29.8 Å². The van der Waals surface area contributed by atoms with Crippen molar-refractivity contribution in [2.24, 2.45) is 0 Å². The van der Waals surface area contributed by atoms with Gasteiger partial charge in [-0.2, -0.15) is 0 Å². The molecule has 0 radical (unpaired) electrons. The van der Waals surface area contributed by atoms with Crippen LogP contribution in [0.2, 0.25) is 0 Å². The van der Waals surface area contributed by atoms with Crippen LogP contribution in [0.15, 0.2) is 24.3 Å². The van der Waals surface area contributed by atoms with Crippen LogP contribution in [-0.4, -0.2) is 6.54 Å². The Labute approximate surface area is 92.9 Å². The fraction of sp³-hybridized carbons (Fsp3) is 0.429. The van der Waals surface area contributed by atoms with Gasteiger partial charge in [-0.05, 0) is 31.0 Å². The summed E-state index contributed by atoms with van der Waals surface area (Å²) in [6.07, 6.45) is 3.29. The van der Waals surface area contributed by atoms with Gasteiger partial charge in [-0.3, -0.25) is 0 Å². The quantitative estimate of drug-likeness (QED) is 0.568. The van der Waals surface area contributed by atoms with Crippen LogP contribution < -0.4 is 5.32 Å². The number of nitrogens with one attached hydrogen (secondary N) is 1. The van der Waals surface area contributed by atoms with Crippen LogP contribution in [0.5, 0.6) is 0 Å². The molecule has 0 aliphatic heterocycles. The normalized spacial score (nSPS) is 9.20. The number of rotatable bonds is 5. The highest BCUT2D eigenvalue weighted by Crippen LogP contribution is 2.10. The lowest BCUT2D eigenvalue weighted by Crippen LogP contribution is -2.00. The van der Waals surface area contributed by atoms with Crippen LogP contribution in [-0.2, 0) is 6.42 Å². The van der Waals surface area contributed by atoms with Crippen molar-refractivity contribution >= 4 is 5.69 Å². The maximum atomic E-state index is 3.35. The summed E-state index contributed by atoms with van der Waals surface area (Å²) in [4.78, 5) is 0. The number of aryl methyl sites for hydroxylation is 1. The van der Waals surface area contributed by atoms with Crippen LogP contribution in [0.25, 0.3) is 0 Å². The molecule has 0 atom stereocenters. The van der Waals surface area contributed by atoms with Gasteiger partial charge < -0.3 is 5.32 Å². The molecule has 0 saturated heterocycles. The van der Waals surface area contributed by atoms with Crippen LogP contribution in [0.1, 0.15) is 32.3 Å². The van der Waals surface area contributed by atoms with Crippen LogP contribution in [0.4, 0.5) is 5.69 Å². The van der Waals surface area contributed by atoms with E-state index in [0.29, 0.717) is 0 Å². The lowest BCUT2D eigenvalue weighted by atomic mass is 10.1. The lowest BCUT2D eigenvalue weighted by Gasteiger charge is -2.05. The Morgan fingerprint density at radius 2 is 1.93 bits per heavy atom. The Kier molecular flexibility index (Phi) is 5.40. The van der Waals surface area contributed by atoms with E-state index in [1.165, 1.54) is 24.1 Å². The second-order valence-electron chi connectivity index (χ2n) is 3.55. The molecule has 0 spiro atoms. The minimum atomic E-state index is 0.910. The van der Waals surface area contributed by atoms with Crippen molar-refractivity contribution in [3.8, 4) is 11.8 Å². The molecule has 0 aliphatic rings. The summed E-state index contributed by atoms with van der Waals surface area (Å²) in [6.45, 7) is 5.00. The van der Waals surface area contributed by atoms with Gasteiger partial charge in [-0.15, -0.1) is 11.8 Å². The lowest BCUT2D eigenvalue weighted by molar-refractivity contribution is 0.922. The number of anilines is 1. The Balaban J connectivity index is 2.38. The minimum absolute atomic E-state index is 0.910. The molecular formula is C14H19N. The zero-order chi connectivity index (χ0) is 10.9. The molecule has 0 amide bonds. The van der Waals surface area contributed by atoms with Gasteiger partial charge in [-0.25, -0.2) is 0 Å². The molecule has 1 aromatic rings. The van der Waals surface area contributed by atoms with Gasteiger partial charge in [0, 0.05) is 18.7 Å². The molecule has 80 valence electrons. The standard InChI is InChI=1S/C14H19N/c1-3-5-6-12-15-14-10-8-13(7-4-2)9-11-14/h8-11,15H,4,6-7,12H2,1-2H3. The van der Waals surface area contributed by atoms with E-state index in [9.17, 15) is 0 Å². The first kappa shape index (κ1) is 11.7. The number of benzene rings is 1. The summed E-state index contributed by atoms with van der Waals surface area (Å²) in [6, 6.07) is 8.67. The van der Waals surface area contributed by atoms with E-state index >= 15 is 0 Å². The van der Waals surface area contributed by atoms with Gasteiger partial charge in [0.25, 0.3) is 0 Å². The van der Waals surface area contributed by atoms with E-state index in [1.807, 2.05) is 6.92 Å². The zero-order valence-electron chi connectivity index (χ0n) is 9.64. The Morgan fingerprint density at radius 1 is 1.20 bits per heavy atom. The van der Waals surface area contributed by atoms with E-state index < -0.39 is 0 Å². The summed E-state index contributed by atoms with van der Waals surface area (Å²) in [5.74, 6) is 5.93. The van der Waals surface area contributed by atoms with E-state index in [-0.39, 0.29) is 0 Å². The largest absolute Gasteiger partial charge is 0.384 e. The fourth-order valence-electron chi connectivity index (χ4n) is 1.47. The zero-order valence-corrected chi connectivity index (χ0v) is 9.64. The SMILES string of the molecule is CC#CCCNc1ccc(CCC)cc1. The van der Waals surface area contributed by atoms with Crippen molar-refractivity contribution in [2.75, 3.05) is 11.9 Å². The highest BCUT2D eigenvalue weighted by atomic mass is 14.9. The molecule has 15 heavy (non-hydrogen) atoms. The molecule has 1 nitrogen and oxygen atoms in total. The predicted octanol–water partition coefficient (Wildman–Crippen LogP) is 3.46. The van der Waals surface area contributed by atoms with Gasteiger partial charge in [-0.1, -0.05) is 25.5 Å².